The van der Waals surface area contributed by atoms with Crippen LogP contribution >= 0.6 is 11.8 Å². The van der Waals surface area contributed by atoms with Gasteiger partial charge in [0.2, 0.25) is 0 Å². The first-order valence-electron chi connectivity index (χ1n) is 7.69. The molecule has 3 rings (SSSR count). The molecule has 1 aromatic heterocycles. The molecule has 7 heteroatoms. The molecule has 2 heterocycles. The minimum absolute atomic E-state index is 0.0831. The van der Waals surface area contributed by atoms with E-state index in [0.29, 0.717) is 17.2 Å². The van der Waals surface area contributed by atoms with Crippen molar-refractivity contribution in [2.75, 3.05) is 19.3 Å². The summed E-state index contributed by atoms with van der Waals surface area (Å²) in [6.07, 6.45) is 2.59. The summed E-state index contributed by atoms with van der Waals surface area (Å²) in [6, 6.07) is 7.06. The Balaban J connectivity index is 1.76. The zero-order valence-corrected chi connectivity index (χ0v) is 14.0. The van der Waals surface area contributed by atoms with E-state index in [1.165, 1.54) is 17.8 Å². The van der Waals surface area contributed by atoms with Crippen molar-refractivity contribution in [1.29, 1.82) is 0 Å². The van der Waals surface area contributed by atoms with Crippen molar-refractivity contribution in [2.45, 2.75) is 23.5 Å². The second kappa shape index (κ2) is 7.36. The quantitative estimate of drug-likeness (QED) is 0.830. The Morgan fingerprint density at radius 1 is 1.29 bits per heavy atom. The molecule has 2 unspecified atom stereocenters. The van der Waals surface area contributed by atoms with Gasteiger partial charge in [0.05, 0.1) is 0 Å². The van der Waals surface area contributed by atoms with Crippen LogP contribution in [0.5, 0.6) is 0 Å². The first-order valence-corrected chi connectivity index (χ1v) is 8.91. The first kappa shape index (κ1) is 17.0. The van der Waals surface area contributed by atoms with E-state index >= 15 is 0 Å². The van der Waals surface area contributed by atoms with Gasteiger partial charge < -0.3 is 15.1 Å². The predicted octanol–water partition coefficient (Wildman–Crippen LogP) is 3.16. The van der Waals surface area contributed by atoms with Crippen molar-refractivity contribution in [3.8, 4) is 0 Å². The molecular weight excluding hydrogens is 334 g/mol. The SMILES string of the molecule is CSc1ccc(C(=O)NC2CNCCC2c2ccc(F)c(F)c2)o1. The molecule has 0 spiro atoms. The highest BCUT2D eigenvalue weighted by Gasteiger charge is 2.29. The number of hydrogen-bond donors (Lipinski definition) is 2. The first-order chi connectivity index (χ1) is 11.6. The standard InChI is InChI=1S/C17H18F2N2O2S/c1-24-16-5-4-15(23-16)17(22)21-14-9-20-7-6-11(14)10-2-3-12(18)13(19)8-10/h2-5,8,11,14,20H,6-7,9H2,1H3,(H,21,22). The lowest BCUT2D eigenvalue weighted by Gasteiger charge is -2.33. The van der Waals surface area contributed by atoms with Crippen molar-refractivity contribution < 1.29 is 18.0 Å². The van der Waals surface area contributed by atoms with Gasteiger partial charge in [0, 0.05) is 18.5 Å². The lowest BCUT2D eigenvalue weighted by atomic mass is 9.86. The van der Waals surface area contributed by atoms with Crippen molar-refractivity contribution in [2.24, 2.45) is 0 Å². The van der Waals surface area contributed by atoms with Crippen molar-refractivity contribution in [1.82, 2.24) is 10.6 Å². The van der Waals surface area contributed by atoms with Gasteiger partial charge in [0.1, 0.15) is 0 Å². The molecule has 1 amide bonds. The van der Waals surface area contributed by atoms with Crippen LogP contribution in [-0.2, 0) is 0 Å². The molecule has 1 aromatic carbocycles. The van der Waals surface area contributed by atoms with E-state index in [1.54, 1.807) is 18.2 Å². The number of thioether (sulfide) groups is 1. The van der Waals surface area contributed by atoms with E-state index in [0.717, 1.165) is 19.0 Å². The van der Waals surface area contributed by atoms with Gasteiger partial charge in [-0.2, -0.15) is 0 Å². The largest absolute Gasteiger partial charge is 0.445 e. The fourth-order valence-electron chi connectivity index (χ4n) is 2.94. The molecule has 0 saturated carbocycles. The number of benzene rings is 1. The van der Waals surface area contributed by atoms with Crippen molar-refractivity contribution >= 4 is 17.7 Å². The normalized spacial score (nSPS) is 20.8. The fourth-order valence-corrected chi connectivity index (χ4v) is 3.32. The third-order valence-corrected chi connectivity index (χ3v) is 4.80. The molecule has 0 aliphatic carbocycles. The molecular formula is C17H18F2N2O2S. The Morgan fingerprint density at radius 2 is 2.12 bits per heavy atom. The van der Waals surface area contributed by atoms with Gasteiger partial charge in [-0.3, -0.25) is 4.79 Å². The van der Waals surface area contributed by atoms with E-state index in [4.69, 9.17) is 4.42 Å². The van der Waals surface area contributed by atoms with Gasteiger partial charge in [-0.15, -0.1) is 0 Å². The van der Waals surface area contributed by atoms with E-state index in [9.17, 15) is 13.6 Å². The molecule has 2 N–H and O–H groups in total. The van der Waals surface area contributed by atoms with Crippen molar-refractivity contribution in [3.05, 3.63) is 53.3 Å². The third-order valence-electron chi connectivity index (χ3n) is 4.18. The number of carbonyl (C=O) groups is 1. The molecule has 1 aliphatic heterocycles. The maximum Gasteiger partial charge on any atom is 0.287 e. The van der Waals surface area contributed by atoms with E-state index in [1.807, 2.05) is 6.26 Å². The molecule has 2 aromatic rings. The lowest BCUT2D eigenvalue weighted by Crippen LogP contribution is -2.50. The zero-order chi connectivity index (χ0) is 17.1. The molecule has 24 heavy (non-hydrogen) atoms. The van der Waals surface area contributed by atoms with Gasteiger partial charge >= 0.3 is 0 Å². The Hall–Kier alpha value is -1.86. The van der Waals surface area contributed by atoms with Crippen LogP contribution in [0.15, 0.2) is 39.8 Å². The number of furan rings is 1. The summed E-state index contributed by atoms with van der Waals surface area (Å²) >= 11 is 1.42. The van der Waals surface area contributed by atoms with E-state index < -0.39 is 11.6 Å². The van der Waals surface area contributed by atoms with Crippen LogP contribution in [0.25, 0.3) is 0 Å². The summed E-state index contributed by atoms with van der Waals surface area (Å²) in [4.78, 5) is 12.4. The van der Waals surface area contributed by atoms with Gasteiger partial charge in [-0.05, 0) is 49.1 Å². The Labute approximate surface area is 143 Å². The second-order valence-electron chi connectivity index (χ2n) is 5.68. The summed E-state index contributed by atoms with van der Waals surface area (Å²) in [6.45, 7) is 1.32. The molecule has 128 valence electrons. The van der Waals surface area contributed by atoms with Gasteiger partial charge in [-0.25, -0.2) is 8.78 Å². The Morgan fingerprint density at radius 3 is 2.83 bits per heavy atom. The maximum atomic E-state index is 13.5. The van der Waals surface area contributed by atoms with Crippen molar-refractivity contribution in [3.63, 3.8) is 0 Å². The minimum atomic E-state index is -0.869. The van der Waals surface area contributed by atoms with E-state index in [-0.39, 0.29) is 23.6 Å². The summed E-state index contributed by atoms with van der Waals surface area (Å²) in [5.74, 6) is -1.88. The molecule has 0 radical (unpaired) electrons. The number of nitrogens with one attached hydrogen (secondary N) is 2. The van der Waals surface area contributed by atoms with Gasteiger partial charge in [-0.1, -0.05) is 17.8 Å². The number of piperidine rings is 1. The molecule has 1 aliphatic rings. The summed E-state index contributed by atoms with van der Waals surface area (Å²) < 4.78 is 32.1. The van der Waals surface area contributed by atoms with E-state index in [2.05, 4.69) is 10.6 Å². The monoisotopic (exact) mass is 352 g/mol. The summed E-state index contributed by atoms with van der Waals surface area (Å²) in [7, 11) is 0. The number of amides is 1. The zero-order valence-electron chi connectivity index (χ0n) is 13.1. The highest BCUT2D eigenvalue weighted by Crippen LogP contribution is 2.27. The highest BCUT2D eigenvalue weighted by atomic mass is 32.2. The molecule has 1 fully saturated rings. The lowest BCUT2D eigenvalue weighted by molar-refractivity contribution is 0.0891. The molecule has 0 bridgehead atoms. The fraction of sp³-hybridized carbons (Fsp3) is 0.353. The molecule has 4 nitrogen and oxygen atoms in total. The van der Waals surface area contributed by atoms with Gasteiger partial charge in [0.25, 0.3) is 5.91 Å². The average molecular weight is 352 g/mol. The minimum Gasteiger partial charge on any atom is -0.445 e. The molecule has 2 atom stereocenters. The highest BCUT2D eigenvalue weighted by molar-refractivity contribution is 7.98. The summed E-state index contributed by atoms with van der Waals surface area (Å²) in [5, 5.41) is 6.82. The maximum absolute atomic E-state index is 13.5. The smallest absolute Gasteiger partial charge is 0.287 e. The number of carbonyl (C=O) groups excluding carboxylic acids is 1. The van der Waals surface area contributed by atoms with Crippen LogP contribution in [0.1, 0.15) is 28.5 Å². The average Bonchev–Trinajstić information content (AvgIpc) is 3.07. The number of rotatable bonds is 4. The number of hydrogen-bond acceptors (Lipinski definition) is 4. The van der Waals surface area contributed by atoms with Gasteiger partial charge in [0.15, 0.2) is 22.5 Å². The third kappa shape index (κ3) is 3.62. The van der Waals surface area contributed by atoms with Crippen LogP contribution in [0.2, 0.25) is 0 Å². The van der Waals surface area contributed by atoms with Crippen LogP contribution in [0.4, 0.5) is 8.78 Å². The molecule has 1 saturated heterocycles. The topological polar surface area (TPSA) is 54.3 Å². The second-order valence-corrected chi connectivity index (χ2v) is 6.49. The predicted molar refractivity (Wildman–Crippen MR) is 88.3 cm³/mol. The Bertz CT molecular complexity index is 735. The summed E-state index contributed by atoms with van der Waals surface area (Å²) in [5.41, 5.74) is 0.685. The van der Waals surface area contributed by atoms with Crippen LogP contribution in [0, 0.1) is 11.6 Å². The van der Waals surface area contributed by atoms with Crippen LogP contribution < -0.4 is 10.6 Å². The van der Waals surface area contributed by atoms with Crippen LogP contribution in [-0.4, -0.2) is 31.3 Å². The van der Waals surface area contributed by atoms with Crippen LogP contribution in [0.3, 0.4) is 0 Å². The number of halogens is 2. The Kier molecular flexibility index (Phi) is 5.20.